The summed E-state index contributed by atoms with van der Waals surface area (Å²) in [5.74, 6) is -0.213. The van der Waals surface area contributed by atoms with E-state index in [2.05, 4.69) is 5.32 Å². The van der Waals surface area contributed by atoms with Gasteiger partial charge in [0.1, 0.15) is 11.4 Å². The smallest absolute Gasteiger partial charge is 0.407 e. The van der Waals surface area contributed by atoms with E-state index in [1.807, 2.05) is 0 Å². The Hall–Kier alpha value is -1.46. The fraction of sp³-hybridized carbons (Fsp3) is 0.500. The maximum atomic E-state index is 11.6. The molecule has 1 unspecified atom stereocenters. The van der Waals surface area contributed by atoms with Gasteiger partial charge in [-0.2, -0.15) is 0 Å². The summed E-state index contributed by atoms with van der Waals surface area (Å²) in [4.78, 5) is 11.6. The minimum Gasteiger partial charge on any atom is -0.508 e. The summed E-state index contributed by atoms with van der Waals surface area (Å²) in [5.41, 5.74) is 5.67. The molecule has 0 fully saturated rings. The third-order valence-electron chi connectivity index (χ3n) is 2.61. The first-order chi connectivity index (χ1) is 9.24. The number of rotatable bonds is 4. The lowest BCUT2D eigenvalue weighted by Crippen LogP contribution is -2.36. The number of nitrogens with one attached hydrogen (secondary N) is 1. The first-order valence-electron chi connectivity index (χ1n) is 6.39. The lowest BCUT2D eigenvalue weighted by atomic mass is 9.98. The predicted octanol–water partition coefficient (Wildman–Crippen LogP) is 2.61. The van der Waals surface area contributed by atoms with E-state index in [1.54, 1.807) is 32.9 Å². The minimum atomic E-state index is -0.561. The van der Waals surface area contributed by atoms with E-state index in [-0.39, 0.29) is 24.8 Å². The van der Waals surface area contributed by atoms with Crippen molar-refractivity contribution in [3.63, 3.8) is 0 Å². The van der Waals surface area contributed by atoms with Gasteiger partial charge in [0.15, 0.2) is 0 Å². The van der Waals surface area contributed by atoms with Gasteiger partial charge < -0.3 is 20.9 Å². The Kier molecular flexibility index (Phi) is 5.65. The molecule has 0 aliphatic heterocycles. The SMILES string of the molecule is CC(C)(C)OC(=O)NCC(CN)c1c(O)cccc1Cl. The van der Waals surface area contributed by atoms with Crippen molar-refractivity contribution in [1.82, 2.24) is 5.32 Å². The molecule has 1 aromatic carbocycles. The number of amides is 1. The molecule has 1 atom stereocenters. The van der Waals surface area contributed by atoms with E-state index in [9.17, 15) is 9.90 Å². The average molecular weight is 301 g/mol. The Labute approximate surface area is 124 Å². The highest BCUT2D eigenvalue weighted by atomic mass is 35.5. The summed E-state index contributed by atoms with van der Waals surface area (Å²) >= 11 is 6.07. The number of aromatic hydroxyl groups is 1. The molecule has 1 amide bonds. The van der Waals surface area contributed by atoms with Crippen molar-refractivity contribution < 1.29 is 14.6 Å². The molecule has 6 heteroatoms. The van der Waals surface area contributed by atoms with Crippen LogP contribution in [0, 0.1) is 0 Å². The fourth-order valence-electron chi connectivity index (χ4n) is 1.75. The summed E-state index contributed by atoms with van der Waals surface area (Å²) in [6.45, 7) is 5.84. The number of phenols is 1. The monoisotopic (exact) mass is 300 g/mol. The molecule has 112 valence electrons. The number of hydrogen-bond donors (Lipinski definition) is 3. The number of ether oxygens (including phenoxy) is 1. The molecule has 4 N–H and O–H groups in total. The Morgan fingerprint density at radius 2 is 2.15 bits per heavy atom. The standard InChI is InChI=1S/C14H21ClN2O3/c1-14(2,3)20-13(19)17-8-9(7-16)12-10(15)5-4-6-11(12)18/h4-6,9,18H,7-8,16H2,1-3H3,(H,17,19). The van der Waals surface area contributed by atoms with Gasteiger partial charge in [-0.1, -0.05) is 17.7 Å². The van der Waals surface area contributed by atoms with Gasteiger partial charge >= 0.3 is 6.09 Å². The second-order valence-electron chi connectivity index (χ2n) is 5.49. The third-order valence-corrected chi connectivity index (χ3v) is 2.94. The van der Waals surface area contributed by atoms with E-state index < -0.39 is 11.7 Å². The Morgan fingerprint density at radius 1 is 1.50 bits per heavy atom. The molecule has 5 nitrogen and oxygen atoms in total. The van der Waals surface area contributed by atoms with Crippen LogP contribution in [-0.4, -0.2) is 29.9 Å². The average Bonchev–Trinajstić information content (AvgIpc) is 2.30. The van der Waals surface area contributed by atoms with E-state index >= 15 is 0 Å². The number of hydrogen-bond acceptors (Lipinski definition) is 4. The fourth-order valence-corrected chi connectivity index (χ4v) is 2.08. The third kappa shape index (κ3) is 4.90. The number of carbonyl (C=O) groups is 1. The number of nitrogens with two attached hydrogens (primary N) is 1. The number of benzene rings is 1. The van der Waals surface area contributed by atoms with Crippen LogP contribution in [0.3, 0.4) is 0 Å². The van der Waals surface area contributed by atoms with Crippen LogP contribution in [0.2, 0.25) is 5.02 Å². The van der Waals surface area contributed by atoms with Crippen molar-refractivity contribution in [3.05, 3.63) is 28.8 Å². The molecule has 0 bridgehead atoms. The highest BCUT2D eigenvalue weighted by Crippen LogP contribution is 2.31. The van der Waals surface area contributed by atoms with Gasteiger partial charge in [-0.25, -0.2) is 4.79 Å². The molecule has 0 saturated heterocycles. The zero-order chi connectivity index (χ0) is 15.3. The maximum Gasteiger partial charge on any atom is 0.407 e. The maximum absolute atomic E-state index is 11.6. The zero-order valence-electron chi connectivity index (χ0n) is 11.9. The summed E-state index contributed by atoms with van der Waals surface area (Å²) < 4.78 is 5.14. The highest BCUT2D eigenvalue weighted by Gasteiger charge is 2.20. The van der Waals surface area contributed by atoms with Crippen LogP contribution in [0.5, 0.6) is 5.75 Å². The largest absolute Gasteiger partial charge is 0.508 e. The first kappa shape index (κ1) is 16.6. The normalized spacial score (nSPS) is 12.8. The summed E-state index contributed by atoms with van der Waals surface area (Å²) in [6.07, 6.45) is -0.525. The van der Waals surface area contributed by atoms with Crippen LogP contribution in [0.4, 0.5) is 4.79 Å². The molecule has 0 saturated carbocycles. The zero-order valence-corrected chi connectivity index (χ0v) is 12.7. The molecule has 0 aliphatic rings. The van der Waals surface area contributed by atoms with E-state index in [4.69, 9.17) is 22.1 Å². The number of phenolic OH excluding ortho intramolecular Hbond substituents is 1. The van der Waals surface area contributed by atoms with Crippen molar-refractivity contribution in [2.45, 2.75) is 32.3 Å². The van der Waals surface area contributed by atoms with Crippen molar-refractivity contribution >= 4 is 17.7 Å². The minimum absolute atomic E-state index is 0.0685. The lowest BCUT2D eigenvalue weighted by molar-refractivity contribution is 0.0524. The van der Waals surface area contributed by atoms with Crippen LogP contribution in [0.1, 0.15) is 32.3 Å². The summed E-state index contributed by atoms with van der Waals surface area (Å²) in [6, 6.07) is 4.86. The van der Waals surface area contributed by atoms with Gasteiger partial charge in [-0.3, -0.25) is 0 Å². The van der Waals surface area contributed by atoms with Crippen LogP contribution in [0.25, 0.3) is 0 Å². The van der Waals surface area contributed by atoms with Gasteiger partial charge in [-0.15, -0.1) is 0 Å². The van der Waals surface area contributed by atoms with Gasteiger partial charge in [0.25, 0.3) is 0 Å². The molecule has 0 aromatic heterocycles. The Bertz CT molecular complexity index is 452. The topological polar surface area (TPSA) is 84.6 Å². The molecule has 0 heterocycles. The molecule has 1 rings (SSSR count). The second-order valence-corrected chi connectivity index (χ2v) is 5.90. The van der Waals surface area contributed by atoms with E-state index in [0.29, 0.717) is 10.6 Å². The van der Waals surface area contributed by atoms with Crippen LogP contribution >= 0.6 is 11.6 Å². The number of alkyl carbamates (subject to hydrolysis) is 1. The van der Waals surface area contributed by atoms with Crippen LogP contribution < -0.4 is 11.1 Å². The molecular formula is C14H21ClN2O3. The van der Waals surface area contributed by atoms with Gasteiger partial charge in [-0.05, 0) is 32.9 Å². The van der Waals surface area contributed by atoms with Crippen LogP contribution in [0.15, 0.2) is 18.2 Å². The molecule has 20 heavy (non-hydrogen) atoms. The molecular weight excluding hydrogens is 280 g/mol. The van der Waals surface area contributed by atoms with Crippen LogP contribution in [-0.2, 0) is 4.74 Å². The van der Waals surface area contributed by atoms with Crippen molar-refractivity contribution in [2.24, 2.45) is 5.73 Å². The number of halogens is 1. The predicted molar refractivity (Wildman–Crippen MR) is 79.1 cm³/mol. The van der Waals surface area contributed by atoms with E-state index in [0.717, 1.165) is 0 Å². The van der Waals surface area contributed by atoms with Crippen molar-refractivity contribution in [2.75, 3.05) is 13.1 Å². The second kappa shape index (κ2) is 6.81. The van der Waals surface area contributed by atoms with Crippen molar-refractivity contribution in [1.29, 1.82) is 0 Å². The Morgan fingerprint density at radius 3 is 2.65 bits per heavy atom. The summed E-state index contributed by atoms with van der Waals surface area (Å²) in [5, 5.41) is 12.9. The quantitative estimate of drug-likeness (QED) is 0.798. The highest BCUT2D eigenvalue weighted by molar-refractivity contribution is 6.31. The molecule has 1 aromatic rings. The van der Waals surface area contributed by atoms with E-state index in [1.165, 1.54) is 6.07 Å². The Balaban J connectivity index is 2.71. The van der Waals surface area contributed by atoms with Gasteiger partial charge in [0.05, 0.1) is 0 Å². The van der Waals surface area contributed by atoms with Crippen molar-refractivity contribution in [3.8, 4) is 5.75 Å². The number of carbonyl (C=O) groups excluding carboxylic acids is 1. The first-order valence-corrected chi connectivity index (χ1v) is 6.76. The lowest BCUT2D eigenvalue weighted by Gasteiger charge is -2.22. The molecule has 0 spiro atoms. The molecule has 0 radical (unpaired) electrons. The molecule has 0 aliphatic carbocycles. The van der Waals surface area contributed by atoms with Gasteiger partial charge in [0, 0.05) is 29.6 Å². The summed E-state index contributed by atoms with van der Waals surface area (Å²) in [7, 11) is 0. The van der Waals surface area contributed by atoms with Gasteiger partial charge in [0.2, 0.25) is 0 Å².